The lowest BCUT2D eigenvalue weighted by molar-refractivity contribution is -0.114. The fourth-order valence-electron chi connectivity index (χ4n) is 2.67. The van der Waals surface area contributed by atoms with Crippen LogP contribution in [0.3, 0.4) is 0 Å². The third-order valence-electron chi connectivity index (χ3n) is 3.73. The van der Waals surface area contributed by atoms with Gasteiger partial charge in [-0.3, -0.25) is 4.79 Å². The van der Waals surface area contributed by atoms with Gasteiger partial charge < -0.3 is 0 Å². The van der Waals surface area contributed by atoms with Crippen molar-refractivity contribution >= 4 is 16.7 Å². The standard InChI is InChI=1S/C13H21OS/c1-15(12-5-3-2-4-6-12)13-9-7-11(14)8-10-13/h7,9,12-13H,2-6,8,10H2,1H3/q+1. The number of rotatable bonds is 2. The molecule has 2 atom stereocenters. The minimum atomic E-state index is 0.326. The summed E-state index contributed by atoms with van der Waals surface area (Å²) in [5, 5.41) is 1.65. The molecule has 0 amide bonds. The summed E-state index contributed by atoms with van der Waals surface area (Å²) in [4.78, 5) is 11.1. The van der Waals surface area contributed by atoms with E-state index in [1.807, 2.05) is 6.08 Å². The summed E-state index contributed by atoms with van der Waals surface area (Å²) in [7, 11) is 0.503. The van der Waals surface area contributed by atoms with Crippen molar-refractivity contribution in [2.45, 2.75) is 55.4 Å². The van der Waals surface area contributed by atoms with E-state index in [4.69, 9.17) is 0 Å². The Balaban J connectivity index is 1.91. The maximum Gasteiger partial charge on any atom is 0.155 e. The van der Waals surface area contributed by atoms with Crippen LogP contribution in [0.2, 0.25) is 0 Å². The number of hydrogen-bond acceptors (Lipinski definition) is 1. The van der Waals surface area contributed by atoms with Crippen molar-refractivity contribution in [2.24, 2.45) is 0 Å². The molecule has 0 aromatic carbocycles. The van der Waals surface area contributed by atoms with Crippen LogP contribution in [0.25, 0.3) is 0 Å². The lowest BCUT2D eigenvalue weighted by Gasteiger charge is -2.25. The molecule has 2 rings (SSSR count). The molecule has 0 aliphatic heterocycles. The lowest BCUT2D eigenvalue weighted by atomic mass is 10.0. The van der Waals surface area contributed by atoms with Crippen molar-refractivity contribution in [3.8, 4) is 0 Å². The first-order valence-corrected chi connectivity index (χ1v) is 7.88. The van der Waals surface area contributed by atoms with Crippen LogP contribution in [0.5, 0.6) is 0 Å². The summed E-state index contributed by atoms with van der Waals surface area (Å²) in [6, 6.07) is 0. The predicted molar refractivity (Wildman–Crippen MR) is 67.3 cm³/mol. The Hall–Kier alpha value is -0.240. The highest BCUT2D eigenvalue weighted by atomic mass is 32.2. The second kappa shape index (κ2) is 5.20. The van der Waals surface area contributed by atoms with E-state index in [1.54, 1.807) is 0 Å². The molecule has 0 N–H and O–H groups in total. The largest absolute Gasteiger partial charge is 0.295 e. The minimum Gasteiger partial charge on any atom is -0.295 e. The van der Waals surface area contributed by atoms with Gasteiger partial charge in [-0.25, -0.2) is 0 Å². The van der Waals surface area contributed by atoms with Gasteiger partial charge >= 0.3 is 0 Å². The normalized spacial score (nSPS) is 30.5. The van der Waals surface area contributed by atoms with Crippen LogP contribution in [0.1, 0.15) is 44.9 Å². The van der Waals surface area contributed by atoms with Crippen LogP contribution in [0.4, 0.5) is 0 Å². The summed E-state index contributed by atoms with van der Waals surface area (Å²) >= 11 is 0. The first-order valence-electron chi connectivity index (χ1n) is 6.12. The van der Waals surface area contributed by atoms with Crippen LogP contribution in [0, 0.1) is 0 Å². The highest BCUT2D eigenvalue weighted by Gasteiger charge is 2.34. The molecule has 0 aromatic heterocycles. The molecule has 2 aliphatic carbocycles. The van der Waals surface area contributed by atoms with Crippen molar-refractivity contribution < 1.29 is 4.79 Å². The molecule has 0 radical (unpaired) electrons. The number of hydrogen-bond donors (Lipinski definition) is 0. The Kier molecular flexibility index (Phi) is 3.90. The lowest BCUT2D eigenvalue weighted by Crippen LogP contribution is -2.33. The molecule has 1 nitrogen and oxygen atoms in total. The van der Waals surface area contributed by atoms with Crippen LogP contribution in [0.15, 0.2) is 12.2 Å². The topological polar surface area (TPSA) is 17.1 Å². The second-order valence-electron chi connectivity index (χ2n) is 4.77. The molecule has 0 saturated heterocycles. The summed E-state index contributed by atoms with van der Waals surface area (Å²) in [5.74, 6) is 0.326. The molecule has 0 aromatic rings. The van der Waals surface area contributed by atoms with Crippen LogP contribution >= 0.6 is 0 Å². The quantitative estimate of drug-likeness (QED) is 0.660. The van der Waals surface area contributed by atoms with E-state index < -0.39 is 0 Å². The third kappa shape index (κ3) is 2.87. The molecular formula is C13H21OS+. The van der Waals surface area contributed by atoms with Gasteiger partial charge in [0, 0.05) is 12.8 Å². The van der Waals surface area contributed by atoms with Crippen molar-refractivity contribution in [1.29, 1.82) is 0 Å². The van der Waals surface area contributed by atoms with Crippen LogP contribution < -0.4 is 0 Å². The predicted octanol–water partition coefficient (Wildman–Crippen LogP) is 2.85. The Bertz CT molecular complexity index is 253. The summed E-state index contributed by atoms with van der Waals surface area (Å²) in [5.41, 5.74) is 0. The van der Waals surface area contributed by atoms with Gasteiger partial charge in [-0.2, -0.15) is 0 Å². The molecule has 2 heteroatoms. The monoisotopic (exact) mass is 225 g/mol. The van der Waals surface area contributed by atoms with Gasteiger partial charge in [0.1, 0.15) is 10.5 Å². The highest BCUT2D eigenvalue weighted by molar-refractivity contribution is 7.97. The Morgan fingerprint density at radius 2 is 1.93 bits per heavy atom. The molecule has 1 fully saturated rings. The van der Waals surface area contributed by atoms with E-state index in [1.165, 1.54) is 32.1 Å². The molecule has 84 valence electrons. The molecular weight excluding hydrogens is 204 g/mol. The highest BCUT2D eigenvalue weighted by Crippen LogP contribution is 2.29. The molecule has 0 heterocycles. The maximum absolute atomic E-state index is 11.1. The van der Waals surface area contributed by atoms with Crippen molar-refractivity contribution in [3.05, 3.63) is 12.2 Å². The van der Waals surface area contributed by atoms with Gasteiger partial charge in [-0.15, -0.1) is 0 Å². The zero-order chi connectivity index (χ0) is 10.7. The molecule has 15 heavy (non-hydrogen) atoms. The van der Waals surface area contributed by atoms with E-state index in [2.05, 4.69) is 12.3 Å². The van der Waals surface area contributed by atoms with Gasteiger partial charge in [-0.05, 0) is 48.7 Å². The molecule has 1 saturated carbocycles. The van der Waals surface area contributed by atoms with Crippen molar-refractivity contribution in [1.82, 2.24) is 0 Å². The number of carbonyl (C=O) groups is 1. The minimum absolute atomic E-state index is 0.326. The summed E-state index contributed by atoms with van der Waals surface area (Å²) in [6.07, 6.45) is 15.5. The number of allylic oxidation sites excluding steroid dienone is 1. The number of ketones is 1. The Morgan fingerprint density at radius 1 is 1.20 bits per heavy atom. The maximum atomic E-state index is 11.1. The fourth-order valence-corrected chi connectivity index (χ4v) is 5.06. The zero-order valence-corrected chi connectivity index (χ0v) is 10.4. The van der Waals surface area contributed by atoms with Gasteiger partial charge in [0.05, 0.1) is 6.26 Å². The average molecular weight is 225 g/mol. The summed E-state index contributed by atoms with van der Waals surface area (Å²) < 4.78 is 0. The van der Waals surface area contributed by atoms with Gasteiger partial charge in [0.15, 0.2) is 5.78 Å². The average Bonchev–Trinajstić information content (AvgIpc) is 2.30. The zero-order valence-electron chi connectivity index (χ0n) is 9.58. The van der Waals surface area contributed by atoms with Crippen molar-refractivity contribution in [3.63, 3.8) is 0 Å². The van der Waals surface area contributed by atoms with Crippen LogP contribution in [-0.4, -0.2) is 22.5 Å². The molecule has 0 bridgehead atoms. The van der Waals surface area contributed by atoms with E-state index in [-0.39, 0.29) is 0 Å². The Morgan fingerprint density at radius 3 is 2.53 bits per heavy atom. The van der Waals surface area contributed by atoms with E-state index in [0.29, 0.717) is 21.9 Å². The molecule has 0 spiro atoms. The fraction of sp³-hybridized carbons (Fsp3) is 0.769. The van der Waals surface area contributed by atoms with Gasteiger partial charge in [0.25, 0.3) is 0 Å². The smallest absolute Gasteiger partial charge is 0.155 e. The first kappa shape index (κ1) is 11.3. The summed E-state index contributed by atoms with van der Waals surface area (Å²) in [6.45, 7) is 0. The second-order valence-corrected chi connectivity index (χ2v) is 7.26. The van der Waals surface area contributed by atoms with E-state index in [9.17, 15) is 4.79 Å². The van der Waals surface area contributed by atoms with Gasteiger partial charge in [0.2, 0.25) is 0 Å². The van der Waals surface area contributed by atoms with Crippen LogP contribution in [-0.2, 0) is 15.7 Å². The third-order valence-corrected chi connectivity index (χ3v) is 6.60. The van der Waals surface area contributed by atoms with Crippen molar-refractivity contribution in [2.75, 3.05) is 6.26 Å². The van der Waals surface area contributed by atoms with E-state index >= 15 is 0 Å². The first-order chi connectivity index (χ1) is 7.27. The number of carbonyl (C=O) groups excluding carboxylic acids is 1. The molecule has 2 aliphatic rings. The SMILES string of the molecule is C[S+](C1C=CC(=O)CC1)C1CCCCC1. The molecule has 2 unspecified atom stereocenters. The van der Waals surface area contributed by atoms with E-state index in [0.717, 1.165) is 18.1 Å². The van der Waals surface area contributed by atoms with Gasteiger partial charge in [-0.1, -0.05) is 6.42 Å². The Labute approximate surface area is 95.7 Å².